The van der Waals surface area contributed by atoms with Gasteiger partial charge in [0.25, 0.3) is 0 Å². The lowest BCUT2D eigenvalue weighted by molar-refractivity contribution is 1.32. The fourth-order valence-corrected chi connectivity index (χ4v) is 1.87. The van der Waals surface area contributed by atoms with Gasteiger partial charge < -0.3 is 0 Å². The van der Waals surface area contributed by atoms with Crippen molar-refractivity contribution < 1.29 is 0 Å². The molecular formula is C14H12N2S. The monoisotopic (exact) mass is 240 g/mol. The van der Waals surface area contributed by atoms with Crippen molar-refractivity contribution >= 4 is 23.7 Å². The molecule has 2 nitrogen and oxygen atoms in total. The largest absolute Gasteiger partial charge is 0.143 e. The Balaban J connectivity index is 2.02. The fourth-order valence-electron chi connectivity index (χ4n) is 1.31. The highest BCUT2D eigenvalue weighted by atomic mass is 32.2. The smallest absolute Gasteiger partial charge is 0.0863 e. The SMILES string of the molecule is C=Cc1cccc(SN=Nc2ccccc2)c1. The Morgan fingerprint density at radius 1 is 1.00 bits per heavy atom. The summed E-state index contributed by atoms with van der Waals surface area (Å²) in [5.41, 5.74) is 1.95. The molecule has 17 heavy (non-hydrogen) atoms. The molecule has 0 amide bonds. The lowest BCUT2D eigenvalue weighted by atomic mass is 10.2. The van der Waals surface area contributed by atoms with E-state index in [9.17, 15) is 0 Å². The van der Waals surface area contributed by atoms with E-state index in [1.54, 1.807) is 0 Å². The first-order valence-corrected chi connectivity index (χ1v) is 6.01. The molecule has 0 atom stereocenters. The van der Waals surface area contributed by atoms with Crippen LogP contribution >= 0.6 is 11.9 Å². The van der Waals surface area contributed by atoms with Crippen LogP contribution in [0.1, 0.15) is 5.56 Å². The summed E-state index contributed by atoms with van der Waals surface area (Å²) in [6, 6.07) is 17.7. The van der Waals surface area contributed by atoms with Crippen molar-refractivity contribution in [2.45, 2.75) is 4.90 Å². The molecule has 0 spiro atoms. The number of rotatable bonds is 4. The maximum atomic E-state index is 4.12. The molecule has 2 rings (SSSR count). The van der Waals surface area contributed by atoms with Gasteiger partial charge in [-0.25, -0.2) is 0 Å². The zero-order valence-corrected chi connectivity index (χ0v) is 10.1. The zero-order chi connectivity index (χ0) is 11.9. The normalized spacial score (nSPS) is 10.6. The first-order valence-electron chi connectivity index (χ1n) is 5.24. The van der Waals surface area contributed by atoms with Crippen LogP contribution in [0.2, 0.25) is 0 Å². The van der Waals surface area contributed by atoms with Gasteiger partial charge >= 0.3 is 0 Å². The second kappa shape index (κ2) is 6.01. The van der Waals surface area contributed by atoms with Crippen molar-refractivity contribution in [1.82, 2.24) is 0 Å². The van der Waals surface area contributed by atoms with Gasteiger partial charge in [0.2, 0.25) is 0 Å². The summed E-state index contributed by atoms with van der Waals surface area (Å²) >= 11 is 1.36. The molecule has 0 heterocycles. The van der Waals surface area contributed by atoms with Crippen LogP contribution < -0.4 is 0 Å². The number of hydrogen-bond donors (Lipinski definition) is 0. The number of hydrogen-bond acceptors (Lipinski definition) is 3. The third kappa shape index (κ3) is 3.57. The molecule has 84 valence electrons. The standard InChI is InChI=1S/C14H12N2S/c1-2-12-7-6-10-14(11-12)17-16-15-13-8-4-3-5-9-13/h2-11H,1H2. The van der Waals surface area contributed by atoms with Crippen molar-refractivity contribution in [2.75, 3.05) is 0 Å². The first kappa shape index (κ1) is 11.6. The Kier molecular flexibility index (Phi) is 4.11. The highest BCUT2D eigenvalue weighted by molar-refractivity contribution is 7.97. The molecule has 0 bridgehead atoms. The van der Waals surface area contributed by atoms with Crippen LogP contribution in [0.4, 0.5) is 5.69 Å². The molecule has 0 aliphatic rings. The van der Waals surface area contributed by atoms with E-state index in [0.29, 0.717) is 0 Å². The van der Waals surface area contributed by atoms with Crippen LogP contribution in [0.25, 0.3) is 6.08 Å². The van der Waals surface area contributed by atoms with E-state index in [-0.39, 0.29) is 0 Å². The van der Waals surface area contributed by atoms with Gasteiger partial charge in [-0.05, 0) is 29.8 Å². The summed E-state index contributed by atoms with van der Waals surface area (Å²) in [7, 11) is 0. The number of benzene rings is 2. The van der Waals surface area contributed by atoms with Gasteiger partial charge in [0.05, 0.1) is 5.69 Å². The third-order valence-corrected chi connectivity index (χ3v) is 2.78. The van der Waals surface area contributed by atoms with Gasteiger partial charge in [-0.2, -0.15) is 0 Å². The second-order valence-corrected chi connectivity index (χ2v) is 4.20. The van der Waals surface area contributed by atoms with Gasteiger partial charge in [0, 0.05) is 16.8 Å². The van der Waals surface area contributed by atoms with E-state index in [1.165, 1.54) is 11.9 Å². The maximum Gasteiger partial charge on any atom is 0.0863 e. The molecule has 2 aromatic carbocycles. The molecule has 0 saturated carbocycles. The summed E-state index contributed by atoms with van der Waals surface area (Å²) in [4.78, 5) is 1.06. The van der Waals surface area contributed by atoms with Crippen molar-refractivity contribution in [1.29, 1.82) is 0 Å². The molecule has 0 unspecified atom stereocenters. The molecule has 3 heteroatoms. The van der Waals surface area contributed by atoms with E-state index in [2.05, 4.69) is 16.2 Å². The minimum Gasteiger partial charge on any atom is -0.143 e. The van der Waals surface area contributed by atoms with E-state index < -0.39 is 0 Å². The molecule has 0 aliphatic carbocycles. The summed E-state index contributed by atoms with van der Waals surface area (Å²) in [5.74, 6) is 0. The Bertz CT molecular complexity index is 521. The van der Waals surface area contributed by atoms with Gasteiger partial charge in [-0.3, -0.25) is 0 Å². The lowest BCUT2D eigenvalue weighted by Gasteiger charge is -1.96. The highest BCUT2D eigenvalue weighted by Gasteiger charge is 1.93. The summed E-state index contributed by atoms with van der Waals surface area (Å²) in [6.07, 6.45) is 1.82. The summed E-state index contributed by atoms with van der Waals surface area (Å²) in [6.45, 7) is 3.74. The van der Waals surface area contributed by atoms with Crippen molar-refractivity contribution in [3.05, 3.63) is 66.7 Å². The average molecular weight is 240 g/mol. The van der Waals surface area contributed by atoms with Crippen molar-refractivity contribution in [3.63, 3.8) is 0 Å². The maximum absolute atomic E-state index is 4.12. The molecule has 0 N–H and O–H groups in total. The van der Waals surface area contributed by atoms with E-state index >= 15 is 0 Å². The Morgan fingerprint density at radius 2 is 1.82 bits per heavy atom. The summed E-state index contributed by atoms with van der Waals surface area (Å²) < 4.78 is 4.09. The molecule has 0 saturated heterocycles. The van der Waals surface area contributed by atoms with Crippen LogP contribution in [0.5, 0.6) is 0 Å². The van der Waals surface area contributed by atoms with Crippen LogP contribution in [0.3, 0.4) is 0 Å². The quantitative estimate of drug-likeness (QED) is 0.537. The molecule has 2 aromatic rings. The van der Waals surface area contributed by atoms with Crippen molar-refractivity contribution in [2.24, 2.45) is 9.63 Å². The van der Waals surface area contributed by atoms with E-state index in [0.717, 1.165) is 16.1 Å². The van der Waals surface area contributed by atoms with Gasteiger partial charge in [0.1, 0.15) is 0 Å². The Labute approximate surface area is 105 Å². The van der Waals surface area contributed by atoms with E-state index in [4.69, 9.17) is 0 Å². The summed E-state index contributed by atoms with van der Waals surface area (Å²) in [5, 5.41) is 4.12. The molecule has 0 fully saturated rings. The third-order valence-electron chi connectivity index (χ3n) is 2.15. The van der Waals surface area contributed by atoms with Gasteiger partial charge in [-0.15, -0.1) is 9.63 Å². The topological polar surface area (TPSA) is 24.7 Å². The fraction of sp³-hybridized carbons (Fsp3) is 0. The molecule has 0 aromatic heterocycles. The van der Waals surface area contributed by atoms with Gasteiger partial charge in [0.15, 0.2) is 0 Å². The predicted molar refractivity (Wildman–Crippen MR) is 73.3 cm³/mol. The number of nitrogens with zero attached hydrogens (tertiary/aromatic N) is 2. The van der Waals surface area contributed by atoms with Crippen LogP contribution in [0, 0.1) is 0 Å². The van der Waals surface area contributed by atoms with Crippen LogP contribution in [-0.4, -0.2) is 0 Å². The minimum atomic E-state index is 0.861. The predicted octanol–water partition coefficient (Wildman–Crippen LogP) is 5.12. The average Bonchev–Trinajstić information content (AvgIpc) is 2.40. The van der Waals surface area contributed by atoms with Gasteiger partial charge in [-0.1, -0.05) is 43.0 Å². The lowest BCUT2D eigenvalue weighted by Crippen LogP contribution is -1.71. The Morgan fingerprint density at radius 3 is 2.59 bits per heavy atom. The molecule has 0 radical (unpaired) electrons. The first-order chi connectivity index (χ1) is 8.38. The zero-order valence-electron chi connectivity index (χ0n) is 9.28. The Hall–Kier alpha value is -1.87. The second-order valence-electron chi connectivity index (χ2n) is 3.39. The van der Waals surface area contributed by atoms with E-state index in [1.807, 2.05) is 60.7 Å². The van der Waals surface area contributed by atoms with Crippen molar-refractivity contribution in [3.8, 4) is 0 Å². The minimum absolute atomic E-state index is 0.861. The highest BCUT2D eigenvalue weighted by Crippen LogP contribution is 2.23. The molecule has 0 aliphatic heterocycles. The van der Waals surface area contributed by atoms with Crippen LogP contribution in [-0.2, 0) is 0 Å². The molecular weight excluding hydrogens is 228 g/mol. The van der Waals surface area contributed by atoms with Crippen LogP contribution in [0.15, 0.2) is 75.7 Å².